The molecular weight excluding hydrogens is 200 g/mol. The van der Waals surface area contributed by atoms with E-state index in [-0.39, 0.29) is 11.5 Å². The van der Waals surface area contributed by atoms with Gasteiger partial charge in [-0.1, -0.05) is 27.7 Å². The number of hydrogen-bond acceptors (Lipinski definition) is 3. The van der Waals surface area contributed by atoms with Crippen molar-refractivity contribution in [3.63, 3.8) is 0 Å². The third-order valence-electron chi connectivity index (χ3n) is 3.68. The van der Waals surface area contributed by atoms with Crippen molar-refractivity contribution in [3.05, 3.63) is 0 Å². The number of rotatable bonds is 4. The lowest BCUT2D eigenvalue weighted by atomic mass is 9.80. The summed E-state index contributed by atoms with van der Waals surface area (Å²) in [5.74, 6) is 0. The Kier molecular flexibility index (Phi) is 4.77. The van der Waals surface area contributed by atoms with Gasteiger partial charge in [-0.15, -0.1) is 0 Å². The number of ether oxygens (including phenoxy) is 1. The summed E-state index contributed by atoms with van der Waals surface area (Å²) in [6.45, 7) is 10.8. The molecule has 3 unspecified atom stereocenters. The van der Waals surface area contributed by atoms with Crippen molar-refractivity contribution < 1.29 is 4.74 Å². The minimum Gasteiger partial charge on any atom is -0.380 e. The maximum atomic E-state index is 6.29. The van der Waals surface area contributed by atoms with Crippen molar-refractivity contribution in [2.45, 2.75) is 58.7 Å². The first-order valence-corrected chi connectivity index (χ1v) is 6.43. The van der Waals surface area contributed by atoms with Gasteiger partial charge in [0.25, 0.3) is 0 Å². The molecule has 3 nitrogen and oxygen atoms in total. The molecule has 1 saturated heterocycles. The zero-order valence-electron chi connectivity index (χ0n) is 11.5. The van der Waals surface area contributed by atoms with Crippen LogP contribution in [0.3, 0.4) is 0 Å². The average molecular weight is 228 g/mol. The van der Waals surface area contributed by atoms with E-state index in [0.29, 0.717) is 12.1 Å². The van der Waals surface area contributed by atoms with Gasteiger partial charge in [-0.25, -0.2) is 0 Å². The maximum Gasteiger partial charge on any atom is 0.0622 e. The molecule has 0 aromatic heterocycles. The van der Waals surface area contributed by atoms with Crippen LogP contribution in [0, 0.1) is 5.41 Å². The van der Waals surface area contributed by atoms with Crippen LogP contribution < -0.4 is 5.73 Å². The molecule has 0 aromatic carbocycles. The molecule has 3 heteroatoms. The highest BCUT2D eigenvalue weighted by molar-refractivity contribution is 4.92. The van der Waals surface area contributed by atoms with Crippen LogP contribution in [0.2, 0.25) is 0 Å². The molecule has 1 aliphatic rings. The second-order valence-electron chi connectivity index (χ2n) is 6.07. The van der Waals surface area contributed by atoms with Gasteiger partial charge in [0.05, 0.1) is 6.61 Å². The van der Waals surface area contributed by atoms with E-state index < -0.39 is 0 Å². The molecule has 1 aliphatic heterocycles. The van der Waals surface area contributed by atoms with E-state index in [1.807, 2.05) is 0 Å². The van der Waals surface area contributed by atoms with Crippen molar-refractivity contribution in [3.8, 4) is 0 Å². The molecule has 0 aliphatic carbocycles. The van der Waals surface area contributed by atoms with Crippen molar-refractivity contribution in [1.29, 1.82) is 0 Å². The van der Waals surface area contributed by atoms with Gasteiger partial charge in [-0.05, 0) is 25.3 Å². The third kappa shape index (κ3) is 3.19. The van der Waals surface area contributed by atoms with E-state index in [1.165, 1.54) is 0 Å². The zero-order chi connectivity index (χ0) is 12.3. The second kappa shape index (κ2) is 5.48. The maximum absolute atomic E-state index is 6.29. The fourth-order valence-electron chi connectivity index (χ4n) is 2.85. The molecule has 3 atom stereocenters. The molecule has 0 amide bonds. The molecule has 96 valence electrons. The first kappa shape index (κ1) is 13.9. The molecule has 0 saturated carbocycles. The smallest absolute Gasteiger partial charge is 0.0622 e. The summed E-state index contributed by atoms with van der Waals surface area (Å²) in [7, 11) is 2.20. The van der Waals surface area contributed by atoms with Gasteiger partial charge in [-0.2, -0.15) is 0 Å². The Bertz CT molecular complexity index is 206. The molecule has 1 fully saturated rings. The molecule has 1 heterocycles. The fraction of sp³-hybridized carbons (Fsp3) is 1.00. The SMILES string of the molecule is CCC(N)C(N(C)C1CCOC1)C(C)(C)C. The van der Waals surface area contributed by atoms with Crippen LogP contribution >= 0.6 is 0 Å². The Morgan fingerprint density at radius 3 is 2.44 bits per heavy atom. The molecule has 2 N–H and O–H groups in total. The lowest BCUT2D eigenvalue weighted by Crippen LogP contribution is -2.56. The monoisotopic (exact) mass is 228 g/mol. The predicted molar refractivity (Wildman–Crippen MR) is 68.5 cm³/mol. The Hall–Kier alpha value is -0.120. The Morgan fingerprint density at radius 2 is 2.06 bits per heavy atom. The minimum atomic E-state index is 0.215. The van der Waals surface area contributed by atoms with Crippen molar-refractivity contribution in [2.24, 2.45) is 11.1 Å². The van der Waals surface area contributed by atoms with Gasteiger partial charge in [0.1, 0.15) is 0 Å². The van der Waals surface area contributed by atoms with Crippen LogP contribution in [-0.2, 0) is 4.74 Å². The molecule has 1 rings (SSSR count). The van der Waals surface area contributed by atoms with E-state index >= 15 is 0 Å². The predicted octanol–water partition coefficient (Wildman–Crippen LogP) is 1.86. The van der Waals surface area contributed by atoms with E-state index in [4.69, 9.17) is 10.5 Å². The van der Waals surface area contributed by atoms with Gasteiger partial charge in [-0.3, -0.25) is 4.90 Å². The summed E-state index contributed by atoms with van der Waals surface area (Å²) in [6.07, 6.45) is 2.17. The largest absolute Gasteiger partial charge is 0.380 e. The molecular formula is C13H28N2O. The number of nitrogens with two attached hydrogens (primary N) is 1. The third-order valence-corrected chi connectivity index (χ3v) is 3.68. The number of hydrogen-bond donors (Lipinski definition) is 1. The van der Waals surface area contributed by atoms with E-state index in [2.05, 4.69) is 39.6 Å². The summed E-state index contributed by atoms with van der Waals surface area (Å²) in [6, 6.07) is 1.21. The van der Waals surface area contributed by atoms with Crippen molar-refractivity contribution in [1.82, 2.24) is 4.90 Å². The van der Waals surface area contributed by atoms with Crippen molar-refractivity contribution >= 4 is 0 Å². The van der Waals surface area contributed by atoms with Crippen LogP contribution in [-0.4, -0.2) is 43.3 Å². The zero-order valence-corrected chi connectivity index (χ0v) is 11.5. The summed E-state index contributed by atoms with van der Waals surface area (Å²) in [5.41, 5.74) is 6.50. The Labute approximate surface area is 100 Å². The Balaban J connectivity index is 2.75. The van der Waals surface area contributed by atoms with Gasteiger partial charge in [0, 0.05) is 24.7 Å². The topological polar surface area (TPSA) is 38.5 Å². The number of nitrogens with zero attached hydrogens (tertiary/aromatic N) is 1. The highest BCUT2D eigenvalue weighted by atomic mass is 16.5. The van der Waals surface area contributed by atoms with Gasteiger partial charge < -0.3 is 10.5 Å². The summed E-state index contributed by atoms with van der Waals surface area (Å²) < 4.78 is 5.47. The quantitative estimate of drug-likeness (QED) is 0.798. The standard InChI is InChI=1S/C13H28N2O/c1-6-11(14)12(13(2,3)4)15(5)10-7-8-16-9-10/h10-12H,6-9,14H2,1-5H3. The van der Waals surface area contributed by atoms with Crippen LogP contribution in [0.1, 0.15) is 40.5 Å². The van der Waals surface area contributed by atoms with E-state index in [9.17, 15) is 0 Å². The van der Waals surface area contributed by atoms with Crippen molar-refractivity contribution in [2.75, 3.05) is 20.3 Å². The van der Waals surface area contributed by atoms with E-state index in [1.54, 1.807) is 0 Å². The average Bonchev–Trinajstić information content (AvgIpc) is 2.68. The second-order valence-corrected chi connectivity index (χ2v) is 6.07. The van der Waals surface area contributed by atoms with Gasteiger partial charge >= 0.3 is 0 Å². The highest BCUT2D eigenvalue weighted by Gasteiger charge is 2.36. The summed E-state index contributed by atoms with van der Waals surface area (Å²) >= 11 is 0. The highest BCUT2D eigenvalue weighted by Crippen LogP contribution is 2.29. The first-order chi connectivity index (χ1) is 7.38. The minimum absolute atomic E-state index is 0.215. The lowest BCUT2D eigenvalue weighted by molar-refractivity contribution is 0.0558. The van der Waals surface area contributed by atoms with Crippen LogP contribution in [0.5, 0.6) is 0 Å². The first-order valence-electron chi connectivity index (χ1n) is 6.43. The fourth-order valence-corrected chi connectivity index (χ4v) is 2.85. The normalized spacial score (nSPS) is 26.1. The molecule has 16 heavy (non-hydrogen) atoms. The lowest BCUT2D eigenvalue weighted by Gasteiger charge is -2.44. The van der Waals surface area contributed by atoms with Crippen LogP contribution in [0.25, 0.3) is 0 Å². The van der Waals surface area contributed by atoms with E-state index in [0.717, 1.165) is 26.1 Å². The molecule has 0 bridgehead atoms. The van der Waals surface area contributed by atoms with Gasteiger partial charge in [0.2, 0.25) is 0 Å². The summed E-state index contributed by atoms with van der Waals surface area (Å²) in [4.78, 5) is 2.45. The number of likely N-dealkylation sites (N-methyl/N-ethyl adjacent to an activating group) is 1. The van der Waals surface area contributed by atoms with Gasteiger partial charge in [0.15, 0.2) is 0 Å². The Morgan fingerprint density at radius 1 is 1.44 bits per heavy atom. The van der Waals surface area contributed by atoms with Crippen LogP contribution in [0.15, 0.2) is 0 Å². The summed E-state index contributed by atoms with van der Waals surface area (Å²) in [5, 5.41) is 0. The molecule has 0 spiro atoms. The molecule has 0 radical (unpaired) electrons. The van der Waals surface area contributed by atoms with Crippen LogP contribution in [0.4, 0.5) is 0 Å². The molecule has 0 aromatic rings.